The number of unbranched alkanes of at least 4 members (excludes halogenated alkanes) is 1. The molecule has 6 heteroatoms. The number of piperidine rings is 1. The second kappa shape index (κ2) is 6.89. The SMILES string of the molecule is CCCCC1=NC2(CCN(C(=O)N(C)C)CC2)C(=O)N1C(C)C. The highest BCUT2D eigenvalue weighted by Crippen LogP contribution is 2.35. The van der Waals surface area contributed by atoms with Crippen LogP contribution in [0.2, 0.25) is 0 Å². The number of aliphatic imine (C=N–C) groups is 1. The Hall–Kier alpha value is -1.59. The number of carbonyl (C=O) groups is 2. The first-order valence-corrected chi connectivity index (χ1v) is 8.71. The Morgan fingerprint density at radius 2 is 1.91 bits per heavy atom. The summed E-state index contributed by atoms with van der Waals surface area (Å²) in [5, 5.41) is 0. The molecule has 0 saturated carbocycles. The van der Waals surface area contributed by atoms with Gasteiger partial charge in [0, 0.05) is 39.6 Å². The molecule has 1 spiro atoms. The van der Waals surface area contributed by atoms with Crippen LogP contribution in [0.5, 0.6) is 0 Å². The van der Waals surface area contributed by atoms with Crippen molar-refractivity contribution in [3.05, 3.63) is 0 Å². The number of nitrogens with zero attached hydrogens (tertiary/aromatic N) is 4. The third-order valence-corrected chi connectivity index (χ3v) is 4.75. The molecule has 130 valence electrons. The molecular weight excluding hydrogens is 292 g/mol. The molecule has 23 heavy (non-hydrogen) atoms. The monoisotopic (exact) mass is 322 g/mol. The molecule has 6 nitrogen and oxygen atoms in total. The summed E-state index contributed by atoms with van der Waals surface area (Å²) in [5.74, 6) is 1.08. The van der Waals surface area contributed by atoms with Crippen molar-refractivity contribution in [2.75, 3.05) is 27.2 Å². The van der Waals surface area contributed by atoms with E-state index in [1.165, 1.54) is 0 Å². The van der Waals surface area contributed by atoms with Gasteiger partial charge < -0.3 is 9.80 Å². The molecule has 0 radical (unpaired) electrons. The van der Waals surface area contributed by atoms with Crippen molar-refractivity contribution in [3.8, 4) is 0 Å². The van der Waals surface area contributed by atoms with Crippen LogP contribution >= 0.6 is 0 Å². The molecule has 2 aliphatic rings. The molecule has 0 bridgehead atoms. The van der Waals surface area contributed by atoms with E-state index in [4.69, 9.17) is 4.99 Å². The summed E-state index contributed by atoms with van der Waals surface area (Å²) >= 11 is 0. The van der Waals surface area contributed by atoms with Gasteiger partial charge in [-0.05, 0) is 33.1 Å². The lowest BCUT2D eigenvalue weighted by Crippen LogP contribution is -2.53. The highest BCUT2D eigenvalue weighted by Gasteiger charge is 2.50. The topological polar surface area (TPSA) is 56.2 Å². The first kappa shape index (κ1) is 17.8. The largest absolute Gasteiger partial charge is 0.331 e. The summed E-state index contributed by atoms with van der Waals surface area (Å²) in [6.07, 6.45) is 4.27. The van der Waals surface area contributed by atoms with Crippen LogP contribution in [0, 0.1) is 0 Å². The van der Waals surface area contributed by atoms with Gasteiger partial charge in [-0.25, -0.2) is 4.79 Å². The van der Waals surface area contributed by atoms with Crippen molar-refractivity contribution in [1.29, 1.82) is 0 Å². The summed E-state index contributed by atoms with van der Waals surface area (Å²) < 4.78 is 0. The Kier molecular flexibility index (Phi) is 5.32. The molecule has 2 aliphatic heterocycles. The number of hydrogen-bond donors (Lipinski definition) is 0. The maximum atomic E-state index is 13.0. The van der Waals surface area contributed by atoms with E-state index in [-0.39, 0.29) is 18.0 Å². The number of likely N-dealkylation sites (tertiary alicyclic amines) is 1. The molecule has 3 amide bonds. The summed E-state index contributed by atoms with van der Waals surface area (Å²) in [4.78, 5) is 35.3. The predicted octanol–water partition coefficient (Wildman–Crippen LogP) is 2.34. The third-order valence-electron chi connectivity index (χ3n) is 4.75. The van der Waals surface area contributed by atoms with Crippen molar-refractivity contribution in [2.24, 2.45) is 4.99 Å². The van der Waals surface area contributed by atoms with Gasteiger partial charge in [0.15, 0.2) is 0 Å². The number of amidine groups is 1. The molecule has 2 heterocycles. The van der Waals surface area contributed by atoms with Crippen LogP contribution < -0.4 is 0 Å². The highest BCUT2D eigenvalue weighted by molar-refractivity contribution is 6.08. The van der Waals surface area contributed by atoms with E-state index >= 15 is 0 Å². The molecule has 1 fully saturated rings. The lowest BCUT2D eigenvalue weighted by molar-refractivity contribution is -0.133. The fourth-order valence-electron chi connectivity index (χ4n) is 3.41. The zero-order valence-electron chi connectivity index (χ0n) is 15.1. The molecule has 0 aromatic carbocycles. The molecule has 0 aromatic heterocycles. The smallest absolute Gasteiger partial charge is 0.319 e. The molecule has 0 atom stereocenters. The van der Waals surface area contributed by atoms with Crippen molar-refractivity contribution in [2.45, 2.75) is 64.5 Å². The molecule has 2 rings (SSSR count). The molecule has 0 unspecified atom stereocenters. The van der Waals surface area contributed by atoms with Crippen LogP contribution in [0.15, 0.2) is 4.99 Å². The summed E-state index contributed by atoms with van der Waals surface area (Å²) in [7, 11) is 3.52. The molecular formula is C17H30N4O2. The van der Waals surface area contributed by atoms with Gasteiger partial charge in [-0.3, -0.25) is 14.7 Å². The minimum atomic E-state index is -0.629. The maximum absolute atomic E-state index is 13.0. The average Bonchev–Trinajstić information content (AvgIpc) is 2.77. The lowest BCUT2D eigenvalue weighted by Gasteiger charge is -2.37. The fourth-order valence-corrected chi connectivity index (χ4v) is 3.41. The van der Waals surface area contributed by atoms with Crippen LogP contribution in [0.3, 0.4) is 0 Å². The first-order chi connectivity index (χ1) is 10.8. The Labute approximate surface area is 139 Å². The fraction of sp³-hybridized carbons (Fsp3) is 0.824. The Balaban J connectivity index is 2.14. The van der Waals surface area contributed by atoms with E-state index in [0.29, 0.717) is 25.9 Å². The number of rotatable bonds is 4. The molecule has 1 saturated heterocycles. The van der Waals surface area contributed by atoms with E-state index in [1.807, 2.05) is 23.6 Å². The summed E-state index contributed by atoms with van der Waals surface area (Å²) in [6, 6.07) is 0.153. The maximum Gasteiger partial charge on any atom is 0.319 e. The van der Waals surface area contributed by atoms with Crippen molar-refractivity contribution >= 4 is 17.8 Å². The van der Waals surface area contributed by atoms with Crippen molar-refractivity contribution in [3.63, 3.8) is 0 Å². The second-order valence-electron chi connectivity index (χ2n) is 7.10. The average molecular weight is 322 g/mol. The van der Waals surface area contributed by atoms with Crippen LogP contribution in [-0.2, 0) is 4.79 Å². The van der Waals surface area contributed by atoms with E-state index < -0.39 is 5.54 Å². The quantitative estimate of drug-likeness (QED) is 0.798. The van der Waals surface area contributed by atoms with Crippen LogP contribution in [0.4, 0.5) is 4.79 Å². The normalized spacial score (nSPS) is 20.4. The van der Waals surface area contributed by atoms with Crippen LogP contribution in [0.25, 0.3) is 0 Å². The third kappa shape index (κ3) is 3.35. The molecule has 0 aromatic rings. The van der Waals surface area contributed by atoms with Crippen molar-refractivity contribution < 1.29 is 9.59 Å². The van der Waals surface area contributed by atoms with Gasteiger partial charge in [-0.15, -0.1) is 0 Å². The Morgan fingerprint density at radius 1 is 1.30 bits per heavy atom. The number of hydrogen-bond acceptors (Lipinski definition) is 3. The molecule has 0 aliphatic carbocycles. The van der Waals surface area contributed by atoms with Gasteiger partial charge in [-0.1, -0.05) is 13.3 Å². The predicted molar refractivity (Wildman–Crippen MR) is 91.6 cm³/mol. The highest BCUT2D eigenvalue weighted by atomic mass is 16.2. The minimum Gasteiger partial charge on any atom is -0.331 e. The minimum absolute atomic E-state index is 0.0150. The summed E-state index contributed by atoms with van der Waals surface area (Å²) in [5.41, 5.74) is -0.629. The van der Waals surface area contributed by atoms with Gasteiger partial charge in [0.25, 0.3) is 5.91 Å². The second-order valence-corrected chi connectivity index (χ2v) is 7.10. The zero-order chi connectivity index (χ0) is 17.2. The number of amides is 3. The first-order valence-electron chi connectivity index (χ1n) is 8.71. The summed E-state index contributed by atoms with van der Waals surface area (Å²) in [6.45, 7) is 7.43. The number of carbonyl (C=O) groups excluding carboxylic acids is 2. The lowest BCUT2D eigenvalue weighted by atomic mass is 9.87. The van der Waals surface area contributed by atoms with Gasteiger partial charge in [0.1, 0.15) is 11.4 Å². The van der Waals surface area contributed by atoms with E-state index in [2.05, 4.69) is 6.92 Å². The Bertz CT molecular complexity index is 491. The van der Waals surface area contributed by atoms with Gasteiger partial charge >= 0.3 is 6.03 Å². The van der Waals surface area contributed by atoms with Crippen LogP contribution in [0.1, 0.15) is 52.9 Å². The zero-order valence-corrected chi connectivity index (χ0v) is 15.1. The van der Waals surface area contributed by atoms with E-state index in [9.17, 15) is 9.59 Å². The Morgan fingerprint density at radius 3 is 2.39 bits per heavy atom. The van der Waals surface area contributed by atoms with Crippen LogP contribution in [-0.4, -0.2) is 71.2 Å². The van der Waals surface area contributed by atoms with Crippen molar-refractivity contribution in [1.82, 2.24) is 14.7 Å². The standard InChI is InChI=1S/C17H30N4O2/c1-6-7-8-14-18-17(15(22)21(14)13(2)3)9-11-20(12-10-17)16(23)19(4)5/h13H,6-12H2,1-5H3. The van der Waals surface area contributed by atoms with E-state index in [0.717, 1.165) is 25.1 Å². The van der Waals surface area contributed by atoms with Gasteiger partial charge in [-0.2, -0.15) is 0 Å². The number of urea groups is 1. The van der Waals surface area contributed by atoms with Gasteiger partial charge in [0.2, 0.25) is 0 Å². The van der Waals surface area contributed by atoms with E-state index in [1.54, 1.807) is 19.0 Å². The van der Waals surface area contributed by atoms with Gasteiger partial charge in [0.05, 0.1) is 0 Å². The molecule has 0 N–H and O–H groups in total.